The molecule has 0 aliphatic heterocycles. The second-order valence-corrected chi connectivity index (χ2v) is 3.46. The predicted octanol–water partition coefficient (Wildman–Crippen LogP) is -0.783. The van der Waals surface area contributed by atoms with Crippen LogP contribution in [0.15, 0.2) is 0 Å². The summed E-state index contributed by atoms with van der Waals surface area (Å²) in [5.41, 5.74) is 9.58. The first-order valence-electron chi connectivity index (χ1n) is 2.19. The van der Waals surface area contributed by atoms with Crippen LogP contribution in [0.3, 0.4) is 0 Å². The number of amides is 2. The highest BCUT2D eigenvalue weighted by Gasteiger charge is 2.17. The van der Waals surface area contributed by atoms with Gasteiger partial charge in [-0.2, -0.15) is 0 Å². The van der Waals surface area contributed by atoms with E-state index in [4.69, 9.17) is 16.6 Å². The molecule has 5 nitrogen and oxygen atoms in total. The Morgan fingerprint density at radius 1 is 1.30 bits per heavy atom. The summed E-state index contributed by atoms with van der Waals surface area (Å²) in [7, 11) is 0. The highest BCUT2D eigenvalue weighted by Crippen LogP contribution is 2.17. The van der Waals surface area contributed by atoms with Gasteiger partial charge in [0.2, 0.25) is 5.91 Å². The second kappa shape index (κ2) is 4.42. The zero-order chi connectivity index (χ0) is 8.15. The molecule has 0 aliphatic rings. The van der Waals surface area contributed by atoms with Gasteiger partial charge in [-0.25, -0.2) is 0 Å². The maximum Gasteiger partial charge on any atom is 0.278 e. The van der Waals surface area contributed by atoms with Gasteiger partial charge in [-0.15, -0.1) is 0 Å². The third-order valence-electron chi connectivity index (χ3n) is 0.579. The van der Waals surface area contributed by atoms with Crippen molar-refractivity contribution in [3.8, 4) is 0 Å². The predicted molar refractivity (Wildman–Crippen MR) is 41.9 cm³/mol. The van der Waals surface area contributed by atoms with Crippen LogP contribution < -0.4 is 16.6 Å². The van der Waals surface area contributed by atoms with Gasteiger partial charge in [-0.05, 0) is 11.8 Å². The molecule has 0 heterocycles. The quantitative estimate of drug-likeness (QED) is 0.390. The smallest absolute Gasteiger partial charge is 0.278 e. The average molecular weight is 181 g/mol. The fourth-order valence-electron chi connectivity index (χ4n) is 0.258. The van der Waals surface area contributed by atoms with Gasteiger partial charge in [0.25, 0.3) is 5.24 Å². The minimum Gasteiger partial charge on any atom is -0.368 e. The summed E-state index contributed by atoms with van der Waals surface area (Å²) in [6.45, 7) is 0. The number of hydrogen-bond donors (Lipinski definition) is 3. The van der Waals surface area contributed by atoms with E-state index in [9.17, 15) is 9.59 Å². The van der Waals surface area contributed by atoms with Crippen LogP contribution in [0.5, 0.6) is 0 Å². The van der Waals surface area contributed by atoms with E-state index >= 15 is 0 Å². The number of rotatable bonds is 3. The molecule has 0 saturated carbocycles. The molecule has 1 unspecified atom stereocenters. The lowest BCUT2D eigenvalue weighted by Gasteiger charge is -2.04. The SMILES string of the molecule is NSC(SC(N)=O)C(N)=O. The molecule has 0 aromatic carbocycles. The minimum absolute atomic E-state index is 0.610. The number of hydrogen-bond acceptors (Lipinski definition) is 5. The summed E-state index contributed by atoms with van der Waals surface area (Å²) >= 11 is 1.30. The van der Waals surface area contributed by atoms with Crippen molar-refractivity contribution in [2.75, 3.05) is 0 Å². The molecule has 0 aromatic rings. The average Bonchev–Trinajstić information content (AvgIpc) is 1.81. The summed E-state index contributed by atoms with van der Waals surface area (Å²) in [6.07, 6.45) is 0. The minimum atomic E-state index is -0.780. The molecule has 7 heteroatoms. The van der Waals surface area contributed by atoms with Crippen molar-refractivity contribution < 1.29 is 9.59 Å². The van der Waals surface area contributed by atoms with Crippen LogP contribution in [0.4, 0.5) is 4.79 Å². The van der Waals surface area contributed by atoms with E-state index in [-0.39, 0.29) is 0 Å². The van der Waals surface area contributed by atoms with Gasteiger partial charge in [0, 0.05) is 0 Å². The Hall–Kier alpha value is -0.400. The Balaban J connectivity index is 3.83. The summed E-state index contributed by atoms with van der Waals surface area (Å²) < 4.78 is -0.780. The van der Waals surface area contributed by atoms with Crippen LogP contribution in [0.2, 0.25) is 0 Å². The summed E-state index contributed by atoms with van der Waals surface area (Å²) in [6, 6.07) is 0. The molecule has 0 rings (SSSR count). The Labute approximate surface area is 66.2 Å². The van der Waals surface area contributed by atoms with Crippen LogP contribution in [-0.2, 0) is 4.79 Å². The van der Waals surface area contributed by atoms with Crippen LogP contribution in [0, 0.1) is 0 Å². The topological polar surface area (TPSA) is 112 Å². The molecule has 0 spiro atoms. The molecule has 2 amide bonds. The first kappa shape index (κ1) is 9.60. The Morgan fingerprint density at radius 2 is 1.80 bits per heavy atom. The van der Waals surface area contributed by atoms with Gasteiger partial charge in [-0.3, -0.25) is 14.7 Å². The van der Waals surface area contributed by atoms with Crippen molar-refractivity contribution in [2.45, 2.75) is 4.58 Å². The van der Waals surface area contributed by atoms with Crippen molar-refractivity contribution >= 4 is 34.9 Å². The zero-order valence-electron chi connectivity index (χ0n) is 4.94. The normalized spacial score (nSPS) is 12.5. The fraction of sp³-hybridized carbons (Fsp3) is 0.333. The maximum absolute atomic E-state index is 10.4. The van der Waals surface area contributed by atoms with Crippen LogP contribution in [-0.4, -0.2) is 15.7 Å². The first-order valence-corrected chi connectivity index (χ1v) is 4.01. The van der Waals surface area contributed by atoms with Gasteiger partial charge in [0.05, 0.1) is 0 Å². The lowest BCUT2D eigenvalue weighted by molar-refractivity contribution is -0.116. The van der Waals surface area contributed by atoms with Gasteiger partial charge in [-0.1, -0.05) is 11.9 Å². The molecule has 0 aromatic heterocycles. The molecule has 10 heavy (non-hydrogen) atoms. The molecule has 1 atom stereocenters. The van der Waals surface area contributed by atoms with Gasteiger partial charge in [0.15, 0.2) is 4.58 Å². The monoisotopic (exact) mass is 181 g/mol. The largest absolute Gasteiger partial charge is 0.368 e. The molecule has 58 valence electrons. The van der Waals surface area contributed by atoms with Crippen LogP contribution in [0.1, 0.15) is 0 Å². The molecule has 0 fully saturated rings. The molecular formula is C3H7N3O2S2. The lowest BCUT2D eigenvalue weighted by Crippen LogP contribution is -2.26. The third kappa shape index (κ3) is 3.59. The van der Waals surface area contributed by atoms with Crippen molar-refractivity contribution in [2.24, 2.45) is 16.6 Å². The van der Waals surface area contributed by atoms with Gasteiger partial charge in [0.1, 0.15) is 0 Å². The van der Waals surface area contributed by atoms with E-state index in [1.165, 1.54) is 0 Å². The van der Waals surface area contributed by atoms with E-state index in [0.29, 0.717) is 23.7 Å². The Morgan fingerprint density at radius 3 is 1.90 bits per heavy atom. The third-order valence-corrected chi connectivity index (χ3v) is 2.36. The Kier molecular flexibility index (Phi) is 4.24. The maximum atomic E-state index is 10.4. The molecular weight excluding hydrogens is 174 g/mol. The van der Waals surface area contributed by atoms with Crippen molar-refractivity contribution in [1.82, 2.24) is 0 Å². The highest BCUT2D eigenvalue weighted by molar-refractivity contribution is 8.25. The summed E-state index contributed by atoms with van der Waals surface area (Å²) in [5.74, 6) is -0.656. The summed E-state index contributed by atoms with van der Waals surface area (Å²) in [5, 5.41) is 4.34. The fourth-order valence-corrected chi connectivity index (χ4v) is 1.23. The lowest BCUT2D eigenvalue weighted by atomic mass is 10.8. The Bertz CT molecular complexity index is 151. The van der Waals surface area contributed by atoms with E-state index in [1.54, 1.807) is 0 Å². The standard InChI is InChI=1S/C3H7N3O2S2/c4-1(7)2(10-6)9-3(5)8/h2H,6H2,(H2,4,7)(H2,5,8). The number of primary amides is 2. The van der Waals surface area contributed by atoms with E-state index < -0.39 is 15.7 Å². The molecule has 0 bridgehead atoms. The number of nitrogens with two attached hydrogens (primary N) is 3. The van der Waals surface area contributed by atoms with Crippen molar-refractivity contribution in [3.63, 3.8) is 0 Å². The molecule has 6 N–H and O–H groups in total. The highest BCUT2D eigenvalue weighted by atomic mass is 32.2. The number of carbonyl (C=O) groups is 2. The van der Waals surface area contributed by atoms with Crippen LogP contribution in [0.25, 0.3) is 0 Å². The zero-order valence-corrected chi connectivity index (χ0v) is 6.58. The van der Waals surface area contributed by atoms with E-state index in [1.807, 2.05) is 0 Å². The number of thioether (sulfide) groups is 1. The molecule has 0 radical (unpaired) electrons. The first-order chi connectivity index (χ1) is 4.57. The van der Waals surface area contributed by atoms with E-state index in [2.05, 4.69) is 0 Å². The second-order valence-electron chi connectivity index (χ2n) is 1.31. The van der Waals surface area contributed by atoms with Gasteiger partial charge < -0.3 is 11.5 Å². The van der Waals surface area contributed by atoms with Crippen LogP contribution >= 0.6 is 23.7 Å². The van der Waals surface area contributed by atoms with Crippen molar-refractivity contribution in [1.29, 1.82) is 0 Å². The summed E-state index contributed by atoms with van der Waals surface area (Å²) in [4.78, 5) is 20.5. The van der Waals surface area contributed by atoms with E-state index in [0.717, 1.165) is 0 Å². The number of carbonyl (C=O) groups excluding carboxylic acids is 2. The van der Waals surface area contributed by atoms with Crippen molar-refractivity contribution in [3.05, 3.63) is 0 Å². The molecule has 0 saturated heterocycles. The van der Waals surface area contributed by atoms with Gasteiger partial charge >= 0.3 is 0 Å². The molecule has 0 aliphatic carbocycles.